The number of nitrogens with one attached hydrogen (secondary N) is 1. The van der Waals surface area contributed by atoms with Crippen molar-refractivity contribution >= 4 is 11.8 Å². The number of thioether (sulfide) groups is 1. The van der Waals surface area contributed by atoms with E-state index in [4.69, 9.17) is 11.2 Å². The number of rotatable bonds is 8. The molecule has 0 amide bonds. The average molecular weight is 265 g/mol. The smallest absolute Gasteiger partial charge is 0.119 e. The molecule has 2 N–H and O–H groups in total. The van der Waals surface area contributed by atoms with Gasteiger partial charge in [-0.05, 0) is 17.7 Å². The summed E-state index contributed by atoms with van der Waals surface area (Å²) < 4.78 is 5.12. The maximum atomic E-state index is 9.99. The maximum Gasteiger partial charge on any atom is 0.119 e. The summed E-state index contributed by atoms with van der Waals surface area (Å²) in [6.07, 6.45) is 4.64. The van der Waals surface area contributed by atoms with E-state index < -0.39 is 6.10 Å². The molecule has 0 heterocycles. The van der Waals surface area contributed by atoms with Gasteiger partial charge >= 0.3 is 0 Å². The molecule has 0 radical (unpaired) electrons. The maximum absolute atomic E-state index is 9.99. The summed E-state index contributed by atoms with van der Waals surface area (Å²) in [5.74, 6) is 5.03. The lowest BCUT2D eigenvalue weighted by atomic mass is 10.1. The van der Waals surface area contributed by atoms with E-state index in [-0.39, 0.29) is 0 Å². The zero-order valence-corrected chi connectivity index (χ0v) is 11.4. The van der Waals surface area contributed by atoms with E-state index in [9.17, 15) is 5.11 Å². The van der Waals surface area contributed by atoms with Crippen molar-refractivity contribution in [3.05, 3.63) is 29.8 Å². The molecule has 4 heteroatoms. The molecule has 0 aliphatic heterocycles. The van der Waals surface area contributed by atoms with Crippen LogP contribution in [0, 0.1) is 12.3 Å². The van der Waals surface area contributed by atoms with E-state index in [0.29, 0.717) is 6.54 Å². The van der Waals surface area contributed by atoms with Crippen molar-refractivity contribution in [2.45, 2.75) is 6.10 Å². The Bertz CT molecular complexity index is 390. The summed E-state index contributed by atoms with van der Waals surface area (Å²) in [5.41, 5.74) is 0.859. The molecule has 0 aliphatic rings. The predicted molar refractivity (Wildman–Crippen MR) is 77.0 cm³/mol. The van der Waals surface area contributed by atoms with E-state index in [1.54, 1.807) is 18.9 Å². The molecule has 0 aliphatic carbocycles. The Hall–Kier alpha value is -1.15. The van der Waals surface area contributed by atoms with Gasteiger partial charge in [0.1, 0.15) is 5.75 Å². The molecule has 18 heavy (non-hydrogen) atoms. The zero-order chi connectivity index (χ0) is 13.2. The van der Waals surface area contributed by atoms with Crippen LogP contribution in [0.3, 0.4) is 0 Å². The van der Waals surface area contributed by atoms with E-state index >= 15 is 0 Å². The number of hydrogen-bond acceptors (Lipinski definition) is 4. The third-order valence-electron chi connectivity index (χ3n) is 2.42. The second kappa shape index (κ2) is 8.87. The van der Waals surface area contributed by atoms with Gasteiger partial charge < -0.3 is 15.2 Å². The summed E-state index contributed by atoms with van der Waals surface area (Å²) in [5, 5.41) is 13.2. The van der Waals surface area contributed by atoms with E-state index in [1.807, 2.05) is 24.3 Å². The lowest BCUT2D eigenvalue weighted by Gasteiger charge is -2.13. The monoisotopic (exact) mass is 265 g/mol. The number of aliphatic hydroxyl groups is 1. The van der Waals surface area contributed by atoms with Crippen molar-refractivity contribution in [1.82, 2.24) is 5.32 Å². The highest BCUT2D eigenvalue weighted by Gasteiger charge is 2.07. The molecule has 1 atom stereocenters. The van der Waals surface area contributed by atoms with Gasteiger partial charge in [-0.15, -0.1) is 18.2 Å². The van der Waals surface area contributed by atoms with Crippen LogP contribution in [-0.4, -0.2) is 36.8 Å². The zero-order valence-electron chi connectivity index (χ0n) is 10.6. The topological polar surface area (TPSA) is 41.5 Å². The lowest BCUT2D eigenvalue weighted by molar-refractivity contribution is 0.175. The van der Waals surface area contributed by atoms with Gasteiger partial charge in [0, 0.05) is 18.8 Å². The highest BCUT2D eigenvalue weighted by atomic mass is 32.2. The van der Waals surface area contributed by atoms with Gasteiger partial charge in [0.2, 0.25) is 0 Å². The first-order chi connectivity index (χ1) is 8.77. The van der Waals surface area contributed by atoms with Crippen LogP contribution in [0.15, 0.2) is 24.3 Å². The SMILES string of the molecule is C#CCSCCNCC(O)c1cccc(OC)c1. The molecular formula is C14H19NO2S. The first-order valence-electron chi connectivity index (χ1n) is 5.82. The van der Waals surface area contributed by atoms with Crippen LogP contribution in [0.5, 0.6) is 5.75 Å². The van der Waals surface area contributed by atoms with Crippen LogP contribution in [-0.2, 0) is 0 Å². The van der Waals surface area contributed by atoms with Crippen LogP contribution in [0.2, 0.25) is 0 Å². The molecule has 0 bridgehead atoms. The van der Waals surface area contributed by atoms with E-state index in [1.165, 1.54) is 0 Å². The van der Waals surface area contributed by atoms with Crippen LogP contribution in [0.1, 0.15) is 11.7 Å². The van der Waals surface area contributed by atoms with Crippen molar-refractivity contribution in [3.63, 3.8) is 0 Å². The summed E-state index contributed by atoms with van der Waals surface area (Å²) in [6, 6.07) is 7.47. The minimum absolute atomic E-state index is 0.516. The summed E-state index contributed by atoms with van der Waals surface area (Å²) in [7, 11) is 1.62. The lowest BCUT2D eigenvalue weighted by Crippen LogP contribution is -2.23. The Labute approximate surface area is 113 Å². The van der Waals surface area contributed by atoms with Gasteiger partial charge in [0.15, 0.2) is 0 Å². The van der Waals surface area contributed by atoms with E-state index in [2.05, 4.69) is 11.2 Å². The van der Waals surface area contributed by atoms with Gasteiger partial charge in [-0.3, -0.25) is 0 Å². The van der Waals surface area contributed by atoms with Crippen molar-refractivity contribution in [2.75, 3.05) is 31.7 Å². The number of methoxy groups -OCH3 is 1. The van der Waals surface area contributed by atoms with Crippen LogP contribution < -0.4 is 10.1 Å². The second-order valence-electron chi connectivity index (χ2n) is 3.75. The van der Waals surface area contributed by atoms with Gasteiger partial charge in [-0.25, -0.2) is 0 Å². The Morgan fingerprint density at radius 1 is 1.56 bits per heavy atom. The third-order valence-corrected chi connectivity index (χ3v) is 3.29. The van der Waals surface area contributed by atoms with Crippen LogP contribution in [0.4, 0.5) is 0 Å². The fraction of sp³-hybridized carbons (Fsp3) is 0.429. The van der Waals surface area contributed by atoms with Gasteiger partial charge in [0.05, 0.1) is 19.0 Å². The number of ether oxygens (including phenoxy) is 1. The molecular weight excluding hydrogens is 246 g/mol. The number of terminal acetylenes is 1. The molecule has 98 valence electrons. The molecule has 0 fully saturated rings. The average Bonchev–Trinajstić information content (AvgIpc) is 2.42. The minimum Gasteiger partial charge on any atom is -0.497 e. The Kier molecular flexibility index (Phi) is 7.35. The molecule has 1 aromatic carbocycles. The fourth-order valence-corrected chi connectivity index (χ4v) is 2.03. The fourth-order valence-electron chi connectivity index (χ4n) is 1.48. The first-order valence-corrected chi connectivity index (χ1v) is 6.97. The Morgan fingerprint density at radius 2 is 2.39 bits per heavy atom. The Morgan fingerprint density at radius 3 is 3.11 bits per heavy atom. The highest BCUT2D eigenvalue weighted by molar-refractivity contribution is 7.99. The molecule has 0 saturated heterocycles. The second-order valence-corrected chi connectivity index (χ2v) is 4.86. The summed E-state index contributed by atoms with van der Waals surface area (Å²) >= 11 is 1.71. The number of aliphatic hydroxyl groups excluding tert-OH is 1. The molecule has 1 rings (SSSR count). The van der Waals surface area contributed by atoms with E-state index in [0.717, 1.165) is 29.4 Å². The molecule has 1 unspecified atom stereocenters. The molecule has 3 nitrogen and oxygen atoms in total. The first kappa shape index (κ1) is 14.9. The van der Waals surface area contributed by atoms with Gasteiger partial charge in [0.25, 0.3) is 0 Å². The summed E-state index contributed by atoms with van der Waals surface area (Å²) in [4.78, 5) is 0. The highest BCUT2D eigenvalue weighted by Crippen LogP contribution is 2.18. The number of hydrogen-bond donors (Lipinski definition) is 2. The standard InChI is InChI=1S/C14H19NO2S/c1-3-8-18-9-7-15-11-14(16)12-5-4-6-13(10-12)17-2/h1,4-6,10,14-16H,7-9,11H2,2H3. The third kappa shape index (κ3) is 5.46. The molecule has 0 spiro atoms. The van der Waals surface area contributed by atoms with Gasteiger partial charge in [-0.1, -0.05) is 18.1 Å². The quantitative estimate of drug-likeness (QED) is 0.554. The van der Waals surface area contributed by atoms with Crippen molar-refractivity contribution in [1.29, 1.82) is 0 Å². The Balaban J connectivity index is 2.27. The van der Waals surface area contributed by atoms with Crippen molar-refractivity contribution in [2.24, 2.45) is 0 Å². The summed E-state index contributed by atoms with van der Waals surface area (Å²) in [6.45, 7) is 1.37. The molecule has 0 aromatic heterocycles. The van der Waals surface area contributed by atoms with Crippen LogP contribution in [0.25, 0.3) is 0 Å². The van der Waals surface area contributed by atoms with Crippen molar-refractivity contribution in [3.8, 4) is 18.1 Å². The number of benzene rings is 1. The van der Waals surface area contributed by atoms with Crippen LogP contribution >= 0.6 is 11.8 Å². The normalized spacial score (nSPS) is 11.8. The predicted octanol–water partition coefficient (Wildman–Crippen LogP) is 1.68. The molecule has 0 saturated carbocycles. The van der Waals surface area contributed by atoms with Crippen molar-refractivity contribution < 1.29 is 9.84 Å². The largest absolute Gasteiger partial charge is 0.497 e. The van der Waals surface area contributed by atoms with Gasteiger partial charge in [-0.2, -0.15) is 0 Å². The molecule has 1 aromatic rings. The minimum atomic E-state index is -0.516.